The molecule has 0 saturated heterocycles. The van der Waals surface area contributed by atoms with Gasteiger partial charge in [-0.2, -0.15) is 0 Å². The Morgan fingerprint density at radius 2 is 2.16 bits per heavy atom. The first-order chi connectivity index (χ1) is 11.7. The maximum Gasteiger partial charge on any atom is 0.207 e. The first kappa shape index (κ1) is 19.0. The molecule has 1 fully saturated rings. The summed E-state index contributed by atoms with van der Waals surface area (Å²) in [5, 5.41) is 3.15. The monoisotopic (exact) mass is 365 g/mol. The van der Waals surface area contributed by atoms with Crippen molar-refractivity contribution in [2.45, 2.75) is 76.3 Å². The number of hydrogen-bond donors (Lipinski definition) is 1. The molecular weight excluding hydrogens is 334 g/mol. The van der Waals surface area contributed by atoms with Crippen LogP contribution in [0.25, 0.3) is 0 Å². The van der Waals surface area contributed by atoms with E-state index in [-0.39, 0.29) is 16.5 Å². The van der Waals surface area contributed by atoms with Gasteiger partial charge in [0.25, 0.3) is 0 Å². The lowest BCUT2D eigenvalue weighted by molar-refractivity contribution is -0.112. The molecule has 1 N–H and O–H groups in total. The van der Waals surface area contributed by atoms with Gasteiger partial charge in [-0.25, -0.2) is 0 Å². The van der Waals surface area contributed by atoms with E-state index < -0.39 is 0 Å². The van der Waals surface area contributed by atoms with Crippen molar-refractivity contribution in [3.8, 4) is 0 Å². The molecule has 1 aliphatic heterocycles. The van der Waals surface area contributed by atoms with Gasteiger partial charge in [0, 0.05) is 5.54 Å². The Bertz CT molecular complexity index is 577. The molecule has 3 rings (SSSR count). The molecule has 0 aromatic rings. The normalized spacial score (nSPS) is 39.1. The molecular formula is C21H32ClNO2. The number of rotatable bonds is 4. The van der Waals surface area contributed by atoms with E-state index in [1.165, 1.54) is 11.1 Å². The summed E-state index contributed by atoms with van der Waals surface area (Å²) < 4.78 is 6.12. The molecule has 1 amide bonds. The molecule has 0 aromatic heterocycles. The Kier molecular flexibility index (Phi) is 5.37. The minimum atomic E-state index is -0.328. The molecule has 3 nitrogen and oxygen atoms in total. The largest absolute Gasteiger partial charge is 0.372 e. The minimum absolute atomic E-state index is 0.0861. The molecule has 25 heavy (non-hydrogen) atoms. The molecule has 5 unspecified atom stereocenters. The van der Waals surface area contributed by atoms with Crippen molar-refractivity contribution in [2.75, 3.05) is 6.61 Å². The van der Waals surface area contributed by atoms with Crippen LogP contribution in [-0.2, 0) is 9.53 Å². The van der Waals surface area contributed by atoms with Gasteiger partial charge in [-0.3, -0.25) is 4.79 Å². The van der Waals surface area contributed by atoms with Gasteiger partial charge in [0.1, 0.15) is 0 Å². The zero-order valence-electron chi connectivity index (χ0n) is 16.0. The van der Waals surface area contributed by atoms with E-state index >= 15 is 0 Å². The Labute approximate surface area is 157 Å². The van der Waals surface area contributed by atoms with Crippen LogP contribution in [0.3, 0.4) is 0 Å². The van der Waals surface area contributed by atoms with E-state index in [0.29, 0.717) is 24.4 Å². The highest BCUT2D eigenvalue weighted by Crippen LogP contribution is 2.50. The van der Waals surface area contributed by atoms with Crippen LogP contribution in [0.15, 0.2) is 23.3 Å². The highest BCUT2D eigenvalue weighted by molar-refractivity contribution is 6.23. The third kappa shape index (κ3) is 3.83. The number of fused-ring (bicyclic) bond motifs is 1. The molecule has 4 heteroatoms. The number of halogens is 1. The van der Waals surface area contributed by atoms with Crippen LogP contribution in [0.4, 0.5) is 0 Å². The smallest absolute Gasteiger partial charge is 0.207 e. The maximum atomic E-state index is 11.2. The summed E-state index contributed by atoms with van der Waals surface area (Å²) in [6.07, 6.45) is 11.2. The maximum absolute atomic E-state index is 11.2. The molecule has 2 aliphatic carbocycles. The second-order valence-corrected chi connectivity index (χ2v) is 9.91. The Balaban J connectivity index is 1.82. The SMILES string of the molecule is CC1=CC2C(C3=CCC(C(C)(C)Cl)OC3)CCC(C)(NC=O)C2CC1. The van der Waals surface area contributed by atoms with Gasteiger partial charge in [-0.05, 0) is 83.1 Å². The number of nitrogens with one attached hydrogen (secondary N) is 1. The predicted octanol–water partition coefficient (Wildman–Crippen LogP) is 4.61. The summed E-state index contributed by atoms with van der Waals surface area (Å²) >= 11 is 6.44. The molecule has 0 bridgehead atoms. The quantitative estimate of drug-likeness (QED) is 0.449. The number of amides is 1. The van der Waals surface area contributed by atoms with Crippen molar-refractivity contribution in [1.29, 1.82) is 0 Å². The average molecular weight is 366 g/mol. The molecule has 0 aromatic carbocycles. The molecule has 3 aliphatic rings. The Morgan fingerprint density at radius 1 is 1.40 bits per heavy atom. The van der Waals surface area contributed by atoms with E-state index in [0.717, 1.165) is 38.5 Å². The van der Waals surface area contributed by atoms with Crippen LogP contribution >= 0.6 is 11.6 Å². The number of allylic oxidation sites excluding steroid dienone is 2. The predicted molar refractivity (Wildman–Crippen MR) is 103 cm³/mol. The lowest BCUT2D eigenvalue weighted by atomic mass is 9.58. The van der Waals surface area contributed by atoms with Gasteiger partial charge in [0.05, 0.1) is 17.6 Å². The Morgan fingerprint density at radius 3 is 2.76 bits per heavy atom. The van der Waals surface area contributed by atoms with Crippen molar-refractivity contribution in [2.24, 2.45) is 17.8 Å². The third-order valence-electron chi connectivity index (χ3n) is 6.72. The lowest BCUT2D eigenvalue weighted by Gasteiger charge is -2.51. The molecule has 0 spiro atoms. The van der Waals surface area contributed by atoms with Gasteiger partial charge in [0.2, 0.25) is 6.41 Å². The number of ether oxygens (including phenoxy) is 1. The van der Waals surface area contributed by atoms with E-state index in [2.05, 4.69) is 31.3 Å². The summed E-state index contributed by atoms with van der Waals surface area (Å²) in [5.74, 6) is 1.53. The molecule has 140 valence electrons. The molecule has 1 saturated carbocycles. The molecule has 5 atom stereocenters. The van der Waals surface area contributed by atoms with E-state index in [1.54, 1.807) is 0 Å². The summed E-state index contributed by atoms with van der Waals surface area (Å²) in [6, 6.07) is 0. The van der Waals surface area contributed by atoms with Gasteiger partial charge < -0.3 is 10.1 Å². The van der Waals surface area contributed by atoms with Gasteiger partial charge in [-0.15, -0.1) is 11.6 Å². The summed E-state index contributed by atoms with van der Waals surface area (Å²) in [5.41, 5.74) is 2.83. The fraction of sp³-hybridized carbons (Fsp3) is 0.762. The standard InChI is InChI=1S/C21H32ClNO2/c1-14-5-7-18-17(11-14)16(9-10-21(18,4)23-13-24)15-6-8-19(25-12-15)20(2,3)22/h6,11,13,16-19H,5,7-10,12H2,1-4H3,(H,23,24). The number of alkyl halides is 1. The van der Waals surface area contributed by atoms with Gasteiger partial charge >= 0.3 is 0 Å². The summed E-state index contributed by atoms with van der Waals surface area (Å²) in [7, 11) is 0. The minimum Gasteiger partial charge on any atom is -0.372 e. The second-order valence-electron chi connectivity index (χ2n) is 8.94. The fourth-order valence-corrected chi connectivity index (χ4v) is 5.29. The van der Waals surface area contributed by atoms with Crippen molar-refractivity contribution in [3.63, 3.8) is 0 Å². The highest BCUT2D eigenvalue weighted by atomic mass is 35.5. The highest BCUT2D eigenvalue weighted by Gasteiger charge is 2.47. The molecule has 1 heterocycles. The van der Waals surface area contributed by atoms with Crippen LogP contribution < -0.4 is 5.32 Å². The number of carbonyl (C=O) groups excluding carboxylic acids is 1. The topological polar surface area (TPSA) is 38.3 Å². The van der Waals surface area contributed by atoms with Crippen LogP contribution in [0.5, 0.6) is 0 Å². The van der Waals surface area contributed by atoms with E-state index in [4.69, 9.17) is 16.3 Å². The summed E-state index contributed by atoms with van der Waals surface area (Å²) in [6.45, 7) is 9.21. The average Bonchev–Trinajstić information content (AvgIpc) is 2.54. The van der Waals surface area contributed by atoms with Crippen LogP contribution in [0.2, 0.25) is 0 Å². The fourth-order valence-electron chi connectivity index (χ4n) is 5.14. The third-order valence-corrected chi connectivity index (χ3v) is 6.97. The zero-order chi connectivity index (χ0) is 18.2. The van der Waals surface area contributed by atoms with Crippen LogP contribution in [-0.4, -0.2) is 29.5 Å². The van der Waals surface area contributed by atoms with E-state index in [9.17, 15) is 4.79 Å². The number of hydrogen-bond acceptors (Lipinski definition) is 2. The van der Waals surface area contributed by atoms with Gasteiger partial charge in [-0.1, -0.05) is 17.7 Å². The lowest BCUT2D eigenvalue weighted by Crippen LogP contribution is -2.56. The van der Waals surface area contributed by atoms with Crippen molar-refractivity contribution >= 4 is 18.0 Å². The second kappa shape index (κ2) is 7.08. The first-order valence-electron chi connectivity index (χ1n) is 9.62. The van der Waals surface area contributed by atoms with Crippen LogP contribution in [0.1, 0.15) is 59.8 Å². The van der Waals surface area contributed by atoms with Crippen molar-refractivity contribution in [3.05, 3.63) is 23.3 Å². The van der Waals surface area contributed by atoms with Crippen molar-refractivity contribution in [1.82, 2.24) is 5.32 Å². The van der Waals surface area contributed by atoms with E-state index in [1.807, 2.05) is 13.8 Å². The summed E-state index contributed by atoms with van der Waals surface area (Å²) in [4.78, 5) is 10.8. The first-order valence-corrected chi connectivity index (χ1v) is 10.0. The van der Waals surface area contributed by atoms with Crippen molar-refractivity contribution < 1.29 is 9.53 Å². The van der Waals surface area contributed by atoms with Gasteiger partial charge in [0.15, 0.2) is 0 Å². The molecule has 0 radical (unpaired) electrons. The number of carbonyl (C=O) groups is 1. The Hall–Kier alpha value is -0.800. The zero-order valence-corrected chi connectivity index (χ0v) is 16.7. The van der Waals surface area contributed by atoms with Crippen LogP contribution in [0, 0.1) is 17.8 Å².